The van der Waals surface area contributed by atoms with Crippen molar-refractivity contribution in [1.29, 1.82) is 0 Å². The fourth-order valence-corrected chi connectivity index (χ4v) is 3.05. The van der Waals surface area contributed by atoms with Gasteiger partial charge < -0.3 is 14.4 Å². The van der Waals surface area contributed by atoms with Crippen LogP contribution in [0.2, 0.25) is 5.02 Å². The van der Waals surface area contributed by atoms with E-state index in [1.54, 1.807) is 4.90 Å². The second-order valence-electron chi connectivity index (χ2n) is 6.68. The topological polar surface area (TPSA) is 42.1 Å². The van der Waals surface area contributed by atoms with Crippen LogP contribution in [0.5, 0.6) is 0 Å². The molecule has 0 spiro atoms. The van der Waals surface area contributed by atoms with E-state index >= 15 is 0 Å². The third-order valence-corrected chi connectivity index (χ3v) is 4.15. The van der Waals surface area contributed by atoms with E-state index in [0.29, 0.717) is 18.1 Å². The maximum Gasteiger partial charge on any atom is 0.410 e. The van der Waals surface area contributed by atoms with E-state index in [0.717, 1.165) is 12.0 Å². The minimum Gasteiger partial charge on any atom is -0.444 e. The lowest BCUT2D eigenvalue weighted by Crippen LogP contribution is -2.44. The van der Waals surface area contributed by atoms with Crippen LogP contribution in [-0.2, 0) is 15.1 Å². The summed E-state index contributed by atoms with van der Waals surface area (Å²) in [6.45, 7) is 6.83. The molecule has 2 aliphatic rings. The van der Waals surface area contributed by atoms with Crippen LogP contribution in [0.25, 0.3) is 0 Å². The maximum atomic E-state index is 12.1. The van der Waals surface area contributed by atoms with E-state index in [1.165, 1.54) is 0 Å². The highest BCUT2D eigenvalue weighted by Crippen LogP contribution is 2.52. The summed E-state index contributed by atoms with van der Waals surface area (Å²) in [7, 11) is 0. The number of fused-ring (bicyclic) bond motifs is 1. The van der Waals surface area contributed by atoms with Crippen molar-refractivity contribution >= 4 is 17.7 Å². The molecule has 0 bridgehead atoms. The van der Waals surface area contributed by atoms with Gasteiger partial charge in [-0.1, -0.05) is 23.7 Å². The standard InChI is InChI=1S/C16H20ClNO3/c1-15(2,3)21-14(19)18-8-7-16(13(10-18)20-16)11-5-4-6-12(17)9-11/h4-6,9,13H,7-8,10H2,1-3H3/t13-,16-/m1/s1. The van der Waals surface area contributed by atoms with Crippen molar-refractivity contribution in [3.8, 4) is 0 Å². The molecule has 4 nitrogen and oxygen atoms in total. The van der Waals surface area contributed by atoms with Crippen molar-refractivity contribution in [3.63, 3.8) is 0 Å². The van der Waals surface area contributed by atoms with E-state index in [9.17, 15) is 4.79 Å². The minimum atomic E-state index is -0.469. The van der Waals surface area contributed by atoms with E-state index in [-0.39, 0.29) is 17.8 Å². The molecule has 5 heteroatoms. The fraction of sp³-hybridized carbons (Fsp3) is 0.562. The van der Waals surface area contributed by atoms with Crippen LogP contribution in [0.4, 0.5) is 4.79 Å². The molecule has 0 radical (unpaired) electrons. The first kappa shape index (κ1) is 14.7. The smallest absolute Gasteiger partial charge is 0.410 e. The monoisotopic (exact) mass is 309 g/mol. The first-order chi connectivity index (χ1) is 9.80. The van der Waals surface area contributed by atoms with Crippen molar-refractivity contribution in [3.05, 3.63) is 34.9 Å². The number of nitrogens with zero attached hydrogens (tertiary/aromatic N) is 1. The molecule has 0 N–H and O–H groups in total. The molecule has 1 aromatic rings. The zero-order valence-electron chi connectivity index (χ0n) is 12.6. The average Bonchev–Trinajstić information content (AvgIpc) is 3.11. The van der Waals surface area contributed by atoms with E-state index in [2.05, 4.69) is 0 Å². The van der Waals surface area contributed by atoms with Gasteiger partial charge in [0, 0.05) is 18.0 Å². The Morgan fingerprint density at radius 3 is 2.86 bits per heavy atom. The number of amides is 1. The molecule has 2 aliphatic heterocycles. The van der Waals surface area contributed by atoms with E-state index < -0.39 is 5.60 Å². The first-order valence-electron chi connectivity index (χ1n) is 7.22. The van der Waals surface area contributed by atoms with Crippen LogP contribution in [-0.4, -0.2) is 35.8 Å². The number of ether oxygens (including phenoxy) is 2. The van der Waals surface area contributed by atoms with Gasteiger partial charge in [-0.15, -0.1) is 0 Å². The van der Waals surface area contributed by atoms with Crippen LogP contribution in [0.3, 0.4) is 0 Å². The zero-order chi connectivity index (χ0) is 15.3. The van der Waals surface area contributed by atoms with Crippen LogP contribution < -0.4 is 0 Å². The third-order valence-electron chi connectivity index (χ3n) is 3.92. The quantitative estimate of drug-likeness (QED) is 0.745. The molecule has 114 valence electrons. The van der Waals surface area contributed by atoms with Crippen LogP contribution >= 0.6 is 11.6 Å². The number of carbonyl (C=O) groups is 1. The van der Waals surface area contributed by atoms with Gasteiger partial charge in [-0.3, -0.25) is 0 Å². The van der Waals surface area contributed by atoms with Crippen molar-refractivity contribution in [1.82, 2.24) is 4.90 Å². The summed E-state index contributed by atoms with van der Waals surface area (Å²) in [4.78, 5) is 13.8. The molecule has 2 fully saturated rings. The minimum absolute atomic E-state index is 0.0391. The second-order valence-corrected chi connectivity index (χ2v) is 7.12. The third kappa shape index (κ3) is 2.87. The number of epoxide rings is 1. The molecular weight excluding hydrogens is 290 g/mol. The van der Waals surface area contributed by atoms with Crippen molar-refractivity contribution in [2.24, 2.45) is 0 Å². The molecular formula is C16H20ClNO3. The molecule has 0 aliphatic carbocycles. The Hall–Kier alpha value is -1.26. The van der Waals surface area contributed by atoms with Crippen molar-refractivity contribution in [2.75, 3.05) is 13.1 Å². The summed E-state index contributed by atoms with van der Waals surface area (Å²) < 4.78 is 11.3. The van der Waals surface area contributed by atoms with E-state index in [4.69, 9.17) is 21.1 Å². The number of benzene rings is 1. The zero-order valence-corrected chi connectivity index (χ0v) is 13.3. The van der Waals surface area contributed by atoms with Gasteiger partial charge >= 0.3 is 6.09 Å². The van der Waals surface area contributed by atoms with Gasteiger partial charge in [-0.05, 0) is 38.5 Å². The Morgan fingerprint density at radius 2 is 2.24 bits per heavy atom. The largest absolute Gasteiger partial charge is 0.444 e. The summed E-state index contributed by atoms with van der Waals surface area (Å²) in [5.41, 5.74) is 0.371. The molecule has 3 rings (SSSR count). The summed E-state index contributed by atoms with van der Waals surface area (Å²) in [5, 5.41) is 0.714. The lowest BCUT2D eigenvalue weighted by Gasteiger charge is -2.31. The normalized spacial score (nSPS) is 28.0. The Morgan fingerprint density at radius 1 is 1.48 bits per heavy atom. The maximum absolute atomic E-state index is 12.1. The number of rotatable bonds is 1. The van der Waals surface area contributed by atoms with Crippen molar-refractivity contribution < 1.29 is 14.3 Å². The predicted octanol–water partition coefficient (Wildman–Crippen LogP) is 3.57. The highest BCUT2D eigenvalue weighted by Gasteiger charge is 2.60. The van der Waals surface area contributed by atoms with Gasteiger partial charge in [0.25, 0.3) is 0 Å². The number of halogens is 1. The average molecular weight is 310 g/mol. The Kier molecular flexibility index (Phi) is 3.41. The summed E-state index contributed by atoms with van der Waals surface area (Å²) in [5.74, 6) is 0. The number of likely N-dealkylation sites (tertiary alicyclic amines) is 1. The lowest BCUT2D eigenvalue weighted by atomic mass is 9.89. The van der Waals surface area contributed by atoms with Crippen LogP contribution in [0.1, 0.15) is 32.8 Å². The predicted molar refractivity (Wildman–Crippen MR) is 80.4 cm³/mol. The molecule has 0 saturated carbocycles. The molecule has 21 heavy (non-hydrogen) atoms. The van der Waals surface area contributed by atoms with Crippen LogP contribution in [0, 0.1) is 0 Å². The van der Waals surface area contributed by atoms with Gasteiger partial charge in [-0.25, -0.2) is 4.79 Å². The SMILES string of the molecule is CC(C)(C)OC(=O)N1CC[C@]2(c3cccc(Cl)c3)O[C@@H]2C1. The molecule has 2 heterocycles. The molecule has 1 aromatic carbocycles. The molecule has 2 saturated heterocycles. The lowest BCUT2D eigenvalue weighted by molar-refractivity contribution is 0.0217. The summed E-state index contributed by atoms with van der Waals surface area (Å²) >= 11 is 6.06. The molecule has 0 aromatic heterocycles. The number of hydrogen-bond donors (Lipinski definition) is 0. The van der Waals surface area contributed by atoms with Gasteiger partial charge in [0.15, 0.2) is 0 Å². The van der Waals surface area contributed by atoms with Gasteiger partial charge in [0.05, 0.1) is 6.54 Å². The highest BCUT2D eigenvalue weighted by molar-refractivity contribution is 6.30. The second kappa shape index (κ2) is 4.89. The van der Waals surface area contributed by atoms with Crippen LogP contribution in [0.15, 0.2) is 24.3 Å². The summed E-state index contributed by atoms with van der Waals surface area (Å²) in [6.07, 6.45) is 0.548. The van der Waals surface area contributed by atoms with E-state index in [1.807, 2.05) is 45.0 Å². The molecule has 2 atom stereocenters. The number of carbonyl (C=O) groups excluding carboxylic acids is 1. The van der Waals surface area contributed by atoms with Crippen molar-refractivity contribution in [2.45, 2.75) is 44.5 Å². The Bertz CT molecular complexity index is 569. The summed E-state index contributed by atoms with van der Waals surface area (Å²) in [6, 6.07) is 7.78. The Labute approximate surface area is 130 Å². The molecule has 0 unspecified atom stereocenters. The Balaban J connectivity index is 1.67. The van der Waals surface area contributed by atoms with Gasteiger partial charge in [0.1, 0.15) is 17.3 Å². The number of hydrogen-bond acceptors (Lipinski definition) is 3. The fourth-order valence-electron chi connectivity index (χ4n) is 2.86. The highest BCUT2D eigenvalue weighted by atomic mass is 35.5. The molecule has 1 amide bonds. The first-order valence-corrected chi connectivity index (χ1v) is 7.60. The van der Waals surface area contributed by atoms with Gasteiger partial charge in [-0.2, -0.15) is 0 Å². The number of piperidine rings is 1. The van der Waals surface area contributed by atoms with Gasteiger partial charge in [0.2, 0.25) is 0 Å².